The van der Waals surface area contributed by atoms with Crippen molar-refractivity contribution in [1.82, 2.24) is 4.90 Å². The molecule has 1 amide bonds. The van der Waals surface area contributed by atoms with Crippen LogP contribution in [0.1, 0.15) is 17.7 Å². The fourth-order valence-corrected chi connectivity index (χ4v) is 4.54. The van der Waals surface area contributed by atoms with E-state index >= 15 is 0 Å². The van der Waals surface area contributed by atoms with E-state index < -0.39 is 9.84 Å². The van der Waals surface area contributed by atoms with Crippen LogP contribution in [0.15, 0.2) is 59.2 Å². The van der Waals surface area contributed by atoms with Gasteiger partial charge in [0.1, 0.15) is 5.76 Å². The Hall–Kier alpha value is -2.34. The summed E-state index contributed by atoms with van der Waals surface area (Å²) >= 11 is 0. The van der Waals surface area contributed by atoms with Gasteiger partial charge in [0, 0.05) is 12.1 Å². The second-order valence-electron chi connectivity index (χ2n) is 5.85. The minimum absolute atomic E-state index is 0.0125. The standard InChI is InChI=1S/C18H19NO4S/c20-18(9-8-15-5-2-1-3-6-15)19(13-17-7-4-11-23-17)16-10-12-24(21,22)14-16/h1-9,11,16H,10,12-14H2/b9-8+. The predicted octanol–water partition coefficient (Wildman–Crippen LogP) is 2.51. The molecular formula is C18H19NO4S. The molecule has 0 bridgehead atoms. The average molecular weight is 345 g/mol. The Morgan fingerprint density at radius 3 is 2.62 bits per heavy atom. The number of furan rings is 1. The van der Waals surface area contributed by atoms with Crippen molar-refractivity contribution in [3.8, 4) is 0 Å². The van der Waals surface area contributed by atoms with Gasteiger partial charge in [-0.25, -0.2) is 8.42 Å². The molecule has 1 unspecified atom stereocenters. The fraction of sp³-hybridized carbons (Fsp3) is 0.278. The first-order chi connectivity index (χ1) is 11.5. The van der Waals surface area contributed by atoms with Gasteiger partial charge < -0.3 is 9.32 Å². The molecule has 3 rings (SSSR count). The molecule has 0 spiro atoms. The highest BCUT2D eigenvalue weighted by Crippen LogP contribution is 2.21. The Labute approximate surface area is 141 Å². The Kier molecular flexibility index (Phi) is 4.85. The zero-order chi connectivity index (χ0) is 17.0. The van der Waals surface area contributed by atoms with E-state index in [1.54, 1.807) is 29.4 Å². The Morgan fingerprint density at radius 1 is 1.21 bits per heavy atom. The minimum Gasteiger partial charge on any atom is -0.467 e. The van der Waals surface area contributed by atoms with Crippen LogP contribution in [0, 0.1) is 0 Å². The monoisotopic (exact) mass is 345 g/mol. The van der Waals surface area contributed by atoms with Gasteiger partial charge in [0.2, 0.25) is 5.91 Å². The summed E-state index contributed by atoms with van der Waals surface area (Å²) in [6.45, 7) is 0.269. The Balaban J connectivity index is 1.78. The van der Waals surface area contributed by atoms with Gasteiger partial charge >= 0.3 is 0 Å². The number of nitrogens with zero attached hydrogens (tertiary/aromatic N) is 1. The minimum atomic E-state index is -3.07. The molecule has 0 aliphatic carbocycles. The third-order valence-corrected chi connectivity index (χ3v) is 5.81. The van der Waals surface area contributed by atoms with Crippen LogP contribution in [0.3, 0.4) is 0 Å². The molecule has 1 aliphatic rings. The van der Waals surface area contributed by atoms with E-state index in [2.05, 4.69) is 0 Å². The quantitative estimate of drug-likeness (QED) is 0.781. The third-order valence-electron chi connectivity index (χ3n) is 4.06. The number of carbonyl (C=O) groups is 1. The number of sulfone groups is 1. The molecule has 1 atom stereocenters. The summed E-state index contributed by atoms with van der Waals surface area (Å²) in [5, 5.41) is 0. The lowest BCUT2D eigenvalue weighted by atomic mass is 10.2. The van der Waals surface area contributed by atoms with E-state index in [0.29, 0.717) is 12.2 Å². The van der Waals surface area contributed by atoms with E-state index in [1.165, 1.54) is 6.08 Å². The van der Waals surface area contributed by atoms with Crippen molar-refractivity contribution in [1.29, 1.82) is 0 Å². The number of amides is 1. The zero-order valence-electron chi connectivity index (χ0n) is 13.2. The van der Waals surface area contributed by atoms with E-state index in [-0.39, 0.29) is 30.0 Å². The number of hydrogen-bond acceptors (Lipinski definition) is 4. The zero-order valence-corrected chi connectivity index (χ0v) is 14.0. The van der Waals surface area contributed by atoms with Crippen molar-refractivity contribution in [3.05, 3.63) is 66.1 Å². The molecule has 1 aromatic heterocycles. The van der Waals surface area contributed by atoms with Gasteiger partial charge in [-0.3, -0.25) is 4.79 Å². The number of hydrogen-bond donors (Lipinski definition) is 0. The van der Waals surface area contributed by atoms with Gasteiger partial charge in [-0.15, -0.1) is 0 Å². The van der Waals surface area contributed by atoms with E-state index in [0.717, 1.165) is 5.56 Å². The Bertz CT molecular complexity index is 810. The summed E-state index contributed by atoms with van der Waals surface area (Å²) < 4.78 is 28.9. The van der Waals surface area contributed by atoms with Crippen LogP contribution < -0.4 is 0 Å². The normalized spacial score (nSPS) is 19.6. The first kappa shape index (κ1) is 16.5. The summed E-state index contributed by atoms with van der Waals surface area (Å²) in [5.74, 6) is 0.568. The van der Waals surface area contributed by atoms with Gasteiger partial charge in [-0.05, 0) is 30.2 Å². The topological polar surface area (TPSA) is 67.6 Å². The Morgan fingerprint density at radius 2 is 2.00 bits per heavy atom. The first-order valence-electron chi connectivity index (χ1n) is 7.80. The molecule has 1 aliphatic heterocycles. The van der Waals surface area contributed by atoms with Crippen LogP contribution in [0.2, 0.25) is 0 Å². The fourth-order valence-electron chi connectivity index (χ4n) is 2.81. The molecule has 2 aromatic rings. The van der Waals surface area contributed by atoms with Crippen molar-refractivity contribution in [2.45, 2.75) is 19.0 Å². The molecule has 0 saturated carbocycles. The van der Waals surface area contributed by atoms with E-state index in [1.807, 2.05) is 30.3 Å². The maximum Gasteiger partial charge on any atom is 0.247 e. The second-order valence-corrected chi connectivity index (χ2v) is 8.08. The molecule has 0 radical (unpaired) electrons. The van der Waals surface area contributed by atoms with Crippen molar-refractivity contribution < 1.29 is 17.6 Å². The van der Waals surface area contributed by atoms with Crippen LogP contribution in [0.25, 0.3) is 6.08 Å². The maximum absolute atomic E-state index is 12.6. The molecule has 5 nitrogen and oxygen atoms in total. The summed E-state index contributed by atoms with van der Waals surface area (Å²) in [6, 6.07) is 12.7. The van der Waals surface area contributed by atoms with Gasteiger partial charge in [0.05, 0.1) is 24.3 Å². The summed E-state index contributed by atoms with van der Waals surface area (Å²) in [6.07, 6.45) is 5.24. The maximum atomic E-state index is 12.6. The van der Waals surface area contributed by atoms with Crippen molar-refractivity contribution >= 4 is 21.8 Å². The van der Waals surface area contributed by atoms with Gasteiger partial charge in [0.15, 0.2) is 9.84 Å². The molecule has 6 heteroatoms. The highest BCUT2D eigenvalue weighted by molar-refractivity contribution is 7.91. The molecule has 126 valence electrons. The third kappa shape index (κ3) is 4.14. The summed E-state index contributed by atoms with van der Waals surface area (Å²) in [5.41, 5.74) is 0.919. The predicted molar refractivity (Wildman–Crippen MR) is 91.8 cm³/mol. The average Bonchev–Trinajstić information content (AvgIpc) is 3.20. The lowest BCUT2D eigenvalue weighted by Crippen LogP contribution is -2.39. The molecule has 1 aromatic carbocycles. The first-order valence-corrected chi connectivity index (χ1v) is 9.62. The second kappa shape index (κ2) is 7.05. The van der Waals surface area contributed by atoms with Gasteiger partial charge in [-0.2, -0.15) is 0 Å². The van der Waals surface area contributed by atoms with Crippen LogP contribution in [0.4, 0.5) is 0 Å². The van der Waals surface area contributed by atoms with Gasteiger partial charge in [0.25, 0.3) is 0 Å². The number of rotatable bonds is 5. The van der Waals surface area contributed by atoms with E-state index in [9.17, 15) is 13.2 Å². The molecule has 1 saturated heterocycles. The van der Waals surface area contributed by atoms with E-state index in [4.69, 9.17) is 4.42 Å². The van der Waals surface area contributed by atoms with Crippen LogP contribution in [-0.4, -0.2) is 36.8 Å². The highest BCUT2D eigenvalue weighted by atomic mass is 32.2. The molecule has 1 fully saturated rings. The van der Waals surface area contributed by atoms with Crippen molar-refractivity contribution in [3.63, 3.8) is 0 Å². The van der Waals surface area contributed by atoms with Crippen molar-refractivity contribution in [2.75, 3.05) is 11.5 Å². The number of carbonyl (C=O) groups excluding carboxylic acids is 1. The largest absolute Gasteiger partial charge is 0.467 e. The lowest BCUT2D eigenvalue weighted by Gasteiger charge is -2.26. The van der Waals surface area contributed by atoms with Crippen LogP contribution in [-0.2, 0) is 21.2 Å². The molecule has 0 N–H and O–H groups in total. The smallest absolute Gasteiger partial charge is 0.247 e. The van der Waals surface area contributed by atoms with Crippen LogP contribution in [0.5, 0.6) is 0 Å². The highest BCUT2D eigenvalue weighted by Gasteiger charge is 2.34. The van der Waals surface area contributed by atoms with Crippen LogP contribution >= 0.6 is 0 Å². The molecular weight excluding hydrogens is 326 g/mol. The van der Waals surface area contributed by atoms with Crippen molar-refractivity contribution in [2.24, 2.45) is 0 Å². The summed E-state index contributed by atoms with van der Waals surface area (Å²) in [7, 11) is -3.07. The molecule has 2 heterocycles. The summed E-state index contributed by atoms with van der Waals surface area (Å²) in [4.78, 5) is 14.2. The molecule has 24 heavy (non-hydrogen) atoms. The SMILES string of the molecule is O=C(/C=C/c1ccccc1)N(Cc1ccco1)C1CCS(=O)(=O)C1. The van der Waals surface area contributed by atoms with Gasteiger partial charge in [-0.1, -0.05) is 30.3 Å². The lowest BCUT2D eigenvalue weighted by molar-refractivity contribution is -0.128. The number of benzene rings is 1.